The lowest BCUT2D eigenvalue weighted by atomic mass is 9.94. The zero-order valence-electron chi connectivity index (χ0n) is 19.3. The van der Waals surface area contributed by atoms with Gasteiger partial charge in [0.25, 0.3) is 11.7 Å². The van der Waals surface area contributed by atoms with E-state index in [0.717, 1.165) is 19.6 Å². The number of ketones is 1. The molecule has 2 saturated heterocycles. The normalized spacial score (nSPS) is 21.1. The Morgan fingerprint density at radius 2 is 2.00 bits per heavy atom. The summed E-state index contributed by atoms with van der Waals surface area (Å²) in [6.45, 7) is 7.84. The predicted molar refractivity (Wildman–Crippen MR) is 122 cm³/mol. The van der Waals surface area contributed by atoms with Crippen LogP contribution in [0.5, 0.6) is 5.75 Å². The smallest absolute Gasteiger partial charge is 0.295 e. The quantitative estimate of drug-likeness (QED) is 0.375. The van der Waals surface area contributed by atoms with Crippen molar-refractivity contribution < 1.29 is 24.2 Å². The second kappa shape index (κ2) is 9.76. The number of aliphatic hydroxyl groups excluding tert-OH is 1. The third-order valence-electron chi connectivity index (χ3n) is 6.29. The minimum atomic E-state index is -0.710. The summed E-state index contributed by atoms with van der Waals surface area (Å²) in [5.74, 6) is -0.889. The molecule has 1 atom stereocenters. The largest absolute Gasteiger partial charge is 0.507 e. The van der Waals surface area contributed by atoms with Crippen molar-refractivity contribution in [3.63, 3.8) is 0 Å². The lowest BCUT2D eigenvalue weighted by molar-refractivity contribution is -0.140. The SMILES string of the molecule is COc1cccc([C@H]2C(=C(O)c3c(C)n[nH]c3C)C(=O)C(=O)N2CCCN2CCOCC2)c1. The van der Waals surface area contributed by atoms with E-state index >= 15 is 0 Å². The monoisotopic (exact) mass is 454 g/mol. The minimum Gasteiger partial charge on any atom is -0.507 e. The molecule has 3 heterocycles. The van der Waals surface area contributed by atoms with Crippen LogP contribution < -0.4 is 4.74 Å². The lowest BCUT2D eigenvalue weighted by Crippen LogP contribution is -2.38. The van der Waals surface area contributed by atoms with Gasteiger partial charge in [0.05, 0.1) is 43.2 Å². The molecule has 2 N–H and O–H groups in total. The number of ether oxygens (including phenoxy) is 2. The van der Waals surface area contributed by atoms with Gasteiger partial charge in [0, 0.05) is 31.9 Å². The highest BCUT2D eigenvalue weighted by Gasteiger charge is 2.46. The maximum absolute atomic E-state index is 13.2. The van der Waals surface area contributed by atoms with E-state index in [0.29, 0.717) is 54.4 Å². The standard InChI is InChI=1S/C24H30N4O5/c1-15-19(16(2)26-25-15)22(29)20-21(17-6-4-7-18(14-17)32-3)28(24(31)23(20)30)9-5-8-27-10-12-33-13-11-27/h4,6-7,14,21,29H,5,8-13H2,1-3H3,(H,25,26)/t21-/m0/s1. The van der Waals surface area contributed by atoms with Crippen LogP contribution in [0.25, 0.3) is 5.76 Å². The predicted octanol–water partition coefficient (Wildman–Crippen LogP) is 2.18. The third-order valence-corrected chi connectivity index (χ3v) is 6.29. The number of hydrogen-bond donors (Lipinski definition) is 2. The highest BCUT2D eigenvalue weighted by atomic mass is 16.5. The summed E-state index contributed by atoms with van der Waals surface area (Å²) in [6.07, 6.45) is 0.706. The Morgan fingerprint density at radius 1 is 1.24 bits per heavy atom. The van der Waals surface area contributed by atoms with E-state index in [1.165, 1.54) is 0 Å². The van der Waals surface area contributed by atoms with E-state index in [4.69, 9.17) is 9.47 Å². The van der Waals surface area contributed by atoms with Crippen molar-refractivity contribution in [2.45, 2.75) is 26.3 Å². The number of Topliss-reactive ketones (excluding diaryl/α,β-unsaturated/α-hetero) is 1. The first-order chi connectivity index (χ1) is 15.9. The summed E-state index contributed by atoms with van der Waals surface area (Å²) in [5, 5.41) is 18.2. The number of nitrogens with zero attached hydrogens (tertiary/aromatic N) is 3. The number of H-pyrrole nitrogens is 1. The number of nitrogens with one attached hydrogen (secondary N) is 1. The van der Waals surface area contributed by atoms with Crippen LogP contribution in [-0.2, 0) is 14.3 Å². The zero-order valence-corrected chi connectivity index (χ0v) is 19.3. The summed E-state index contributed by atoms with van der Waals surface area (Å²) < 4.78 is 10.8. The lowest BCUT2D eigenvalue weighted by Gasteiger charge is -2.29. The van der Waals surface area contributed by atoms with Crippen LogP contribution in [0.15, 0.2) is 29.8 Å². The summed E-state index contributed by atoms with van der Waals surface area (Å²) in [7, 11) is 1.57. The van der Waals surface area contributed by atoms with Gasteiger partial charge in [-0.15, -0.1) is 0 Å². The van der Waals surface area contributed by atoms with Crippen LogP contribution in [0.4, 0.5) is 0 Å². The van der Waals surface area contributed by atoms with Crippen LogP contribution >= 0.6 is 0 Å². The number of carbonyl (C=O) groups excluding carboxylic acids is 2. The first-order valence-electron chi connectivity index (χ1n) is 11.2. The molecule has 4 rings (SSSR count). The summed E-state index contributed by atoms with van der Waals surface area (Å²) in [4.78, 5) is 30.2. The third kappa shape index (κ3) is 4.51. The number of aromatic amines is 1. The molecule has 0 saturated carbocycles. The number of hydrogen-bond acceptors (Lipinski definition) is 7. The number of morpholine rings is 1. The molecule has 0 aliphatic carbocycles. The van der Waals surface area contributed by atoms with Crippen LogP contribution in [0, 0.1) is 13.8 Å². The maximum atomic E-state index is 13.2. The molecule has 1 aromatic carbocycles. The summed E-state index contributed by atoms with van der Waals surface area (Å²) in [5.41, 5.74) is 2.43. The number of likely N-dealkylation sites (tertiary alicyclic amines) is 1. The van der Waals surface area contributed by atoms with Gasteiger partial charge in [0.1, 0.15) is 11.5 Å². The van der Waals surface area contributed by atoms with E-state index < -0.39 is 17.7 Å². The number of methoxy groups -OCH3 is 1. The van der Waals surface area contributed by atoms with Crippen molar-refractivity contribution in [2.24, 2.45) is 0 Å². The number of aryl methyl sites for hydroxylation is 2. The molecular weight excluding hydrogens is 424 g/mol. The number of amides is 1. The molecule has 1 aromatic heterocycles. The van der Waals surface area contributed by atoms with Gasteiger partial charge in [0.2, 0.25) is 0 Å². The van der Waals surface area contributed by atoms with Crippen molar-refractivity contribution in [3.8, 4) is 5.75 Å². The van der Waals surface area contributed by atoms with E-state index in [-0.39, 0.29) is 11.3 Å². The fourth-order valence-electron chi connectivity index (χ4n) is 4.59. The van der Waals surface area contributed by atoms with Crippen molar-refractivity contribution in [1.82, 2.24) is 20.0 Å². The molecule has 9 nitrogen and oxygen atoms in total. The Kier molecular flexibility index (Phi) is 6.80. The van der Waals surface area contributed by atoms with Gasteiger partial charge in [-0.25, -0.2) is 0 Å². The van der Waals surface area contributed by atoms with E-state index in [1.807, 2.05) is 12.1 Å². The Bertz CT molecular complexity index is 1050. The molecule has 176 valence electrons. The van der Waals surface area contributed by atoms with E-state index in [2.05, 4.69) is 15.1 Å². The Hall–Kier alpha value is -3.17. The fraction of sp³-hybridized carbons (Fsp3) is 0.458. The van der Waals surface area contributed by atoms with Gasteiger partial charge in [-0.3, -0.25) is 19.6 Å². The van der Waals surface area contributed by atoms with Crippen molar-refractivity contribution >= 4 is 17.4 Å². The molecule has 1 amide bonds. The second-order valence-electron chi connectivity index (χ2n) is 8.39. The van der Waals surface area contributed by atoms with Crippen LogP contribution in [-0.4, -0.2) is 83.3 Å². The highest BCUT2D eigenvalue weighted by molar-refractivity contribution is 6.46. The van der Waals surface area contributed by atoms with Gasteiger partial charge in [-0.05, 0) is 38.0 Å². The zero-order chi connectivity index (χ0) is 23.5. The Labute approximate surface area is 193 Å². The molecule has 0 radical (unpaired) electrons. The number of aromatic nitrogens is 2. The second-order valence-corrected chi connectivity index (χ2v) is 8.39. The molecule has 0 bridgehead atoms. The molecular formula is C24H30N4O5. The molecule has 2 aromatic rings. The van der Waals surface area contributed by atoms with E-state index in [1.54, 1.807) is 38.0 Å². The number of aliphatic hydroxyl groups is 1. The Balaban J connectivity index is 1.71. The highest BCUT2D eigenvalue weighted by Crippen LogP contribution is 2.41. The molecule has 33 heavy (non-hydrogen) atoms. The van der Waals surface area contributed by atoms with Crippen LogP contribution in [0.2, 0.25) is 0 Å². The summed E-state index contributed by atoms with van der Waals surface area (Å²) >= 11 is 0. The van der Waals surface area contributed by atoms with Gasteiger partial charge in [-0.2, -0.15) is 5.10 Å². The van der Waals surface area contributed by atoms with Gasteiger partial charge >= 0.3 is 0 Å². The van der Waals surface area contributed by atoms with Gasteiger partial charge in [0.15, 0.2) is 0 Å². The fourth-order valence-corrected chi connectivity index (χ4v) is 4.59. The molecule has 0 unspecified atom stereocenters. The molecule has 2 aliphatic heterocycles. The number of carbonyl (C=O) groups is 2. The van der Waals surface area contributed by atoms with Crippen molar-refractivity contribution in [2.75, 3.05) is 46.5 Å². The average molecular weight is 455 g/mol. The number of rotatable bonds is 7. The first kappa shape index (κ1) is 23.0. The summed E-state index contributed by atoms with van der Waals surface area (Å²) in [6, 6.07) is 6.55. The molecule has 9 heteroatoms. The van der Waals surface area contributed by atoms with Crippen molar-refractivity contribution in [1.29, 1.82) is 0 Å². The molecule has 2 aliphatic rings. The van der Waals surface area contributed by atoms with Gasteiger partial charge < -0.3 is 19.5 Å². The van der Waals surface area contributed by atoms with E-state index in [9.17, 15) is 14.7 Å². The maximum Gasteiger partial charge on any atom is 0.295 e. The van der Waals surface area contributed by atoms with Gasteiger partial charge in [-0.1, -0.05) is 12.1 Å². The van der Waals surface area contributed by atoms with Crippen LogP contribution in [0.3, 0.4) is 0 Å². The molecule has 2 fully saturated rings. The molecule has 0 spiro atoms. The van der Waals surface area contributed by atoms with Crippen molar-refractivity contribution in [3.05, 3.63) is 52.4 Å². The number of benzene rings is 1. The topological polar surface area (TPSA) is 108 Å². The first-order valence-corrected chi connectivity index (χ1v) is 11.2. The average Bonchev–Trinajstić information content (AvgIpc) is 3.30. The Morgan fingerprint density at radius 3 is 2.67 bits per heavy atom. The van der Waals surface area contributed by atoms with Crippen LogP contribution in [0.1, 0.15) is 35.0 Å². The minimum absolute atomic E-state index is 0.0761.